The lowest BCUT2D eigenvalue weighted by atomic mass is 10.0. The predicted molar refractivity (Wildman–Crippen MR) is 48.7 cm³/mol. The predicted octanol–water partition coefficient (Wildman–Crippen LogP) is 0.889. The molecule has 0 aromatic heterocycles. The van der Waals surface area contributed by atoms with E-state index >= 15 is 0 Å². The molecule has 2 N–H and O–H groups in total. The summed E-state index contributed by atoms with van der Waals surface area (Å²) in [5.41, 5.74) is 5.31. The Balaban J connectivity index is 2.46. The van der Waals surface area contributed by atoms with Crippen molar-refractivity contribution < 1.29 is 9.18 Å². The Kier molecular flexibility index (Phi) is 2.91. The lowest BCUT2D eigenvalue weighted by molar-refractivity contribution is -0.137. The zero-order chi connectivity index (χ0) is 10.1. The van der Waals surface area contributed by atoms with Crippen LogP contribution in [0.5, 0.6) is 0 Å². The molecule has 1 aliphatic heterocycles. The highest BCUT2D eigenvalue weighted by Crippen LogP contribution is 2.21. The Hall–Kier alpha value is -0.640. The van der Waals surface area contributed by atoms with Gasteiger partial charge in [-0.2, -0.15) is 0 Å². The lowest BCUT2D eigenvalue weighted by Crippen LogP contribution is -2.49. The van der Waals surface area contributed by atoms with E-state index in [1.54, 1.807) is 4.90 Å². The second-order valence-electron chi connectivity index (χ2n) is 4.01. The number of halogens is 1. The average molecular weight is 188 g/mol. The molecule has 0 bridgehead atoms. The monoisotopic (exact) mass is 188 g/mol. The molecule has 0 aliphatic carbocycles. The summed E-state index contributed by atoms with van der Waals surface area (Å²) in [5, 5.41) is 0. The topological polar surface area (TPSA) is 46.3 Å². The van der Waals surface area contributed by atoms with E-state index in [1.165, 1.54) is 0 Å². The fourth-order valence-corrected chi connectivity index (χ4v) is 1.46. The van der Waals surface area contributed by atoms with Gasteiger partial charge >= 0.3 is 0 Å². The van der Waals surface area contributed by atoms with Crippen molar-refractivity contribution in [2.24, 2.45) is 11.7 Å². The number of hydrogen-bond donors (Lipinski definition) is 1. The van der Waals surface area contributed by atoms with Gasteiger partial charge in [-0.25, -0.2) is 4.39 Å². The number of carbonyl (C=O) groups excluding carboxylic acids is 1. The zero-order valence-corrected chi connectivity index (χ0v) is 8.22. The molecular weight excluding hydrogens is 171 g/mol. The van der Waals surface area contributed by atoms with Crippen LogP contribution >= 0.6 is 0 Å². The number of likely N-dealkylation sites (tertiary alicyclic amines) is 1. The Morgan fingerprint density at radius 3 is 2.31 bits per heavy atom. The molecule has 1 amide bonds. The molecule has 13 heavy (non-hydrogen) atoms. The molecule has 76 valence electrons. The van der Waals surface area contributed by atoms with Crippen LogP contribution in [-0.2, 0) is 4.79 Å². The Morgan fingerprint density at radius 1 is 1.46 bits per heavy atom. The fraction of sp³-hybridized carbons (Fsp3) is 0.889. The third-order valence-electron chi connectivity index (χ3n) is 2.40. The van der Waals surface area contributed by atoms with E-state index in [0.29, 0.717) is 13.1 Å². The normalized spacial score (nSPS) is 22.1. The van der Waals surface area contributed by atoms with E-state index in [9.17, 15) is 9.18 Å². The Bertz CT molecular complexity index is 194. The number of amides is 1. The van der Waals surface area contributed by atoms with Crippen molar-refractivity contribution in [3.63, 3.8) is 0 Å². The summed E-state index contributed by atoms with van der Waals surface area (Å²) < 4.78 is 13.1. The van der Waals surface area contributed by atoms with Gasteiger partial charge in [0.2, 0.25) is 5.91 Å². The highest BCUT2D eigenvalue weighted by Gasteiger charge is 2.32. The van der Waals surface area contributed by atoms with Gasteiger partial charge in [-0.3, -0.25) is 10.5 Å². The van der Waals surface area contributed by atoms with Crippen molar-refractivity contribution in [1.82, 2.24) is 4.90 Å². The first-order chi connectivity index (χ1) is 5.92. The summed E-state index contributed by atoms with van der Waals surface area (Å²) in [6, 6.07) is 0. The standard InChI is InChI=1S/C9H17FN2O/c1-7(2)8(13)12-5-3-9(10,11)4-6-12/h7H,3-6,11H2,1-2H3. The van der Waals surface area contributed by atoms with E-state index in [-0.39, 0.29) is 24.7 Å². The van der Waals surface area contributed by atoms with E-state index in [0.717, 1.165) is 0 Å². The van der Waals surface area contributed by atoms with Crippen molar-refractivity contribution in [3.8, 4) is 0 Å². The van der Waals surface area contributed by atoms with Gasteiger partial charge < -0.3 is 4.90 Å². The van der Waals surface area contributed by atoms with Gasteiger partial charge in [-0.15, -0.1) is 0 Å². The molecule has 0 unspecified atom stereocenters. The SMILES string of the molecule is CC(C)C(=O)N1CCC(N)(F)CC1. The highest BCUT2D eigenvalue weighted by molar-refractivity contribution is 5.78. The van der Waals surface area contributed by atoms with Gasteiger partial charge in [-0.1, -0.05) is 13.8 Å². The quantitative estimate of drug-likeness (QED) is 0.621. The minimum absolute atomic E-state index is 0.00937. The van der Waals surface area contributed by atoms with Crippen LogP contribution in [0, 0.1) is 5.92 Å². The van der Waals surface area contributed by atoms with Gasteiger partial charge in [0.25, 0.3) is 0 Å². The number of nitrogens with two attached hydrogens (primary N) is 1. The summed E-state index contributed by atoms with van der Waals surface area (Å²) in [6.07, 6.45) is 0.511. The molecule has 1 heterocycles. The first kappa shape index (κ1) is 10.4. The molecule has 1 saturated heterocycles. The van der Waals surface area contributed by atoms with E-state index in [1.807, 2.05) is 13.8 Å². The molecule has 1 fully saturated rings. The van der Waals surface area contributed by atoms with Crippen LogP contribution < -0.4 is 5.73 Å². The molecule has 4 heteroatoms. The molecule has 0 aromatic carbocycles. The van der Waals surface area contributed by atoms with Crippen LogP contribution in [0.2, 0.25) is 0 Å². The number of nitrogens with zero attached hydrogens (tertiary/aromatic N) is 1. The van der Waals surface area contributed by atoms with Crippen molar-refractivity contribution >= 4 is 5.91 Å². The van der Waals surface area contributed by atoms with Crippen LogP contribution in [0.4, 0.5) is 4.39 Å². The number of hydrogen-bond acceptors (Lipinski definition) is 2. The van der Waals surface area contributed by atoms with Crippen molar-refractivity contribution in [2.75, 3.05) is 13.1 Å². The van der Waals surface area contributed by atoms with Crippen LogP contribution in [-0.4, -0.2) is 29.7 Å². The van der Waals surface area contributed by atoms with Crippen LogP contribution in [0.3, 0.4) is 0 Å². The molecule has 0 saturated carbocycles. The van der Waals surface area contributed by atoms with Crippen LogP contribution in [0.25, 0.3) is 0 Å². The first-order valence-electron chi connectivity index (χ1n) is 4.69. The largest absolute Gasteiger partial charge is 0.342 e. The third kappa shape index (κ3) is 2.66. The summed E-state index contributed by atoms with van der Waals surface area (Å²) in [6.45, 7) is 4.60. The lowest BCUT2D eigenvalue weighted by Gasteiger charge is -2.34. The maximum atomic E-state index is 13.1. The van der Waals surface area contributed by atoms with Gasteiger partial charge in [0, 0.05) is 31.8 Å². The molecular formula is C9H17FN2O. The number of rotatable bonds is 1. The number of carbonyl (C=O) groups is 1. The highest BCUT2D eigenvalue weighted by atomic mass is 19.1. The maximum Gasteiger partial charge on any atom is 0.225 e. The minimum Gasteiger partial charge on any atom is -0.342 e. The van der Waals surface area contributed by atoms with Gasteiger partial charge in [0.05, 0.1) is 0 Å². The first-order valence-corrected chi connectivity index (χ1v) is 4.69. The van der Waals surface area contributed by atoms with Gasteiger partial charge in [0.15, 0.2) is 5.79 Å². The van der Waals surface area contributed by atoms with Crippen LogP contribution in [0.1, 0.15) is 26.7 Å². The Labute approximate surface area is 78.1 Å². The fourth-order valence-electron chi connectivity index (χ4n) is 1.46. The molecule has 0 atom stereocenters. The molecule has 1 aliphatic rings. The number of alkyl halides is 1. The van der Waals surface area contributed by atoms with E-state index in [2.05, 4.69) is 0 Å². The molecule has 1 rings (SSSR count). The zero-order valence-electron chi connectivity index (χ0n) is 8.22. The second kappa shape index (κ2) is 3.62. The van der Waals surface area contributed by atoms with E-state index < -0.39 is 5.79 Å². The molecule has 0 radical (unpaired) electrons. The van der Waals surface area contributed by atoms with Crippen molar-refractivity contribution in [2.45, 2.75) is 32.5 Å². The second-order valence-corrected chi connectivity index (χ2v) is 4.01. The van der Waals surface area contributed by atoms with E-state index in [4.69, 9.17) is 5.73 Å². The molecule has 0 spiro atoms. The van der Waals surface area contributed by atoms with Crippen molar-refractivity contribution in [3.05, 3.63) is 0 Å². The summed E-state index contributed by atoms with van der Waals surface area (Å²) in [5.74, 6) is -1.48. The number of piperidine rings is 1. The van der Waals surface area contributed by atoms with Gasteiger partial charge in [0.1, 0.15) is 0 Å². The van der Waals surface area contributed by atoms with Crippen LogP contribution in [0.15, 0.2) is 0 Å². The third-order valence-corrected chi connectivity index (χ3v) is 2.40. The smallest absolute Gasteiger partial charge is 0.225 e. The Morgan fingerprint density at radius 2 is 1.92 bits per heavy atom. The summed E-state index contributed by atoms with van der Waals surface area (Å²) in [4.78, 5) is 13.2. The minimum atomic E-state index is -1.56. The molecule has 0 aromatic rings. The van der Waals surface area contributed by atoms with Crippen molar-refractivity contribution in [1.29, 1.82) is 0 Å². The summed E-state index contributed by atoms with van der Waals surface area (Å²) in [7, 11) is 0. The van der Waals surface area contributed by atoms with Gasteiger partial charge in [-0.05, 0) is 0 Å². The average Bonchev–Trinajstić information content (AvgIpc) is 2.03. The summed E-state index contributed by atoms with van der Waals surface area (Å²) >= 11 is 0. The maximum absolute atomic E-state index is 13.1. The molecule has 3 nitrogen and oxygen atoms in total.